The van der Waals surface area contributed by atoms with Crippen LogP contribution in [-0.4, -0.2) is 27.4 Å². The van der Waals surface area contributed by atoms with Crippen molar-refractivity contribution in [3.8, 4) is 0 Å². The van der Waals surface area contributed by atoms with Crippen LogP contribution >= 0.6 is 0 Å². The monoisotopic (exact) mass is 222 g/mol. The minimum atomic E-state index is 0.530. The Morgan fingerprint density at radius 3 is 1.81 bits per heavy atom. The summed E-state index contributed by atoms with van der Waals surface area (Å²) >= 11 is 0. The van der Waals surface area contributed by atoms with E-state index in [1.807, 2.05) is 19.9 Å². The first-order valence-corrected chi connectivity index (χ1v) is 5.68. The van der Waals surface area contributed by atoms with Crippen molar-refractivity contribution < 1.29 is 4.79 Å². The van der Waals surface area contributed by atoms with Crippen LogP contribution in [-0.2, 0) is 4.79 Å². The standard InChI is InChI=1S/C9H14N.C5H10O/c1-10(2,3)9-7-5-4-6-8-9;1-5(2)3-4-6/h4-8H,1-3H3;4-5H,3H2,1-2H3/q+1;. The fraction of sp³-hybridized carbons (Fsp3) is 0.500. The number of aldehydes is 1. The van der Waals surface area contributed by atoms with E-state index in [0.717, 1.165) is 10.8 Å². The molecular weight excluding hydrogens is 198 g/mol. The maximum Gasteiger partial charge on any atom is 0.132 e. The predicted molar refractivity (Wildman–Crippen MR) is 71.5 cm³/mol. The van der Waals surface area contributed by atoms with Crippen molar-refractivity contribution in [2.45, 2.75) is 20.3 Å². The third-order valence-electron chi connectivity index (χ3n) is 2.10. The number of carbonyl (C=O) groups excluding carboxylic acids is 1. The first-order chi connectivity index (χ1) is 7.38. The molecule has 0 radical (unpaired) electrons. The summed E-state index contributed by atoms with van der Waals surface area (Å²) in [6, 6.07) is 10.5. The van der Waals surface area contributed by atoms with Crippen LogP contribution in [0.1, 0.15) is 20.3 Å². The molecule has 0 aliphatic carbocycles. The van der Waals surface area contributed by atoms with Crippen molar-refractivity contribution in [2.24, 2.45) is 5.92 Å². The van der Waals surface area contributed by atoms with Gasteiger partial charge in [0.25, 0.3) is 0 Å². The number of hydrogen-bond donors (Lipinski definition) is 0. The molecule has 0 saturated heterocycles. The first kappa shape index (κ1) is 14.8. The lowest BCUT2D eigenvalue weighted by Crippen LogP contribution is -2.34. The number of quaternary nitrogens is 1. The van der Waals surface area contributed by atoms with E-state index in [9.17, 15) is 4.79 Å². The van der Waals surface area contributed by atoms with Gasteiger partial charge in [0.2, 0.25) is 0 Å². The predicted octanol–water partition coefficient (Wildman–Crippen LogP) is 3.11. The fourth-order valence-electron chi connectivity index (χ4n) is 1.07. The molecule has 90 valence electrons. The molecule has 0 spiro atoms. The Labute approximate surface area is 99.5 Å². The van der Waals surface area contributed by atoms with Crippen LogP contribution < -0.4 is 4.48 Å². The van der Waals surface area contributed by atoms with E-state index in [0.29, 0.717) is 12.3 Å². The molecule has 0 heterocycles. The zero-order valence-electron chi connectivity index (χ0n) is 11.1. The minimum absolute atomic E-state index is 0.530. The Morgan fingerprint density at radius 1 is 1.12 bits per heavy atom. The lowest BCUT2D eigenvalue weighted by atomic mass is 10.2. The van der Waals surface area contributed by atoms with Crippen molar-refractivity contribution in [3.05, 3.63) is 30.3 Å². The molecule has 2 nitrogen and oxygen atoms in total. The third kappa shape index (κ3) is 7.18. The Bertz CT molecular complexity index is 285. The van der Waals surface area contributed by atoms with E-state index < -0.39 is 0 Å². The largest absolute Gasteiger partial charge is 0.303 e. The molecule has 0 aliphatic heterocycles. The topological polar surface area (TPSA) is 17.1 Å². The number of benzene rings is 1. The Balaban J connectivity index is 0.000000325. The second kappa shape index (κ2) is 7.18. The molecule has 1 aromatic carbocycles. The SMILES string of the molecule is CC(C)CC=O.C[N+](C)(C)c1ccccc1. The quantitative estimate of drug-likeness (QED) is 0.567. The van der Waals surface area contributed by atoms with Gasteiger partial charge in [0.15, 0.2) is 0 Å². The van der Waals surface area contributed by atoms with E-state index >= 15 is 0 Å². The zero-order chi connectivity index (χ0) is 12.6. The summed E-state index contributed by atoms with van der Waals surface area (Å²) in [6.07, 6.45) is 1.64. The van der Waals surface area contributed by atoms with Gasteiger partial charge >= 0.3 is 0 Å². The number of hydrogen-bond acceptors (Lipinski definition) is 1. The Kier molecular flexibility index (Phi) is 6.66. The number of para-hydroxylation sites is 1. The van der Waals surface area contributed by atoms with Gasteiger partial charge in [-0.25, -0.2) is 0 Å². The van der Waals surface area contributed by atoms with Gasteiger partial charge in [-0.2, -0.15) is 0 Å². The molecule has 0 atom stereocenters. The van der Waals surface area contributed by atoms with Crippen LogP contribution in [0.2, 0.25) is 0 Å². The summed E-state index contributed by atoms with van der Waals surface area (Å²) in [6.45, 7) is 4.04. The van der Waals surface area contributed by atoms with Crippen LogP contribution in [0.15, 0.2) is 30.3 Å². The second-order valence-corrected chi connectivity index (χ2v) is 5.14. The molecule has 0 unspecified atom stereocenters. The van der Waals surface area contributed by atoms with Crippen LogP contribution in [0.4, 0.5) is 5.69 Å². The van der Waals surface area contributed by atoms with Gasteiger partial charge in [0, 0.05) is 6.42 Å². The Morgan fingerprint density at radius 2 is 1.62 bits per heavy atom. The molecule has 0 N–H and O–H groups in total. The fourth-order valence-corrected chi connectivity index (χ4v) is 1.07. The smallest absolute Gasteiger partial charge is 0.132 e. The van der Waals surface area contributed by atoms with Crippen molar-refractivity contribution in [3.63, 3.8) is 0 Å². The zero-order valence-corrected chi connectivity index (χ0v) is 11.1. The molecular formula is C14H24NO+. The van der Waals surface area contributed by atoms with Gasteiger partial charge in [-0.1, -0.05) is 32.0 Å². The van der Waals surface area contributed by atoms with Crippen molar-refractivity contribution in [1.29, 1.82) is 0 Å². The van der Waals surface area contributed by atoms with Crippen LogP contribution in [0.25, 0.3) is 0 Å². The average molecular weight is 222 g/mol. The van der Waals surface area contributed by atoms with Gasteiger partial charge in [-0.15, -0.1) is 0 Å². The average Bonchev–Trinajstić information content (AvgIpc) is 2.18. The van der Waals surface area contributed by atoms with E-state index in [2.05, 4.69) is 45.4 Å². The van der Waals surface area contributed by atoms with Gasteiger partial charge in [-0.05, 0) is 18.1 Å². The van der Waals surface area contributed by atoms with Gasteiger partial charge in [-0.3, -0.25) is 4.48 Å². The van der Waals surface area contributed by atoms with Crippen molar-refractivity contribution >= 4 is 12.0 Å². The highest BCUT2D eigenvalue weighted by molar-refractivity contribution is 5.49. The third-order valence-corrected chi connectivity index (χ3v) is 2.10. The Hall–Kier alpha value is -1.15. The minimum Gasteiger partial charge on any atom is -0.303 e. The van der Waals surface area contributed by atoms with Crippen molar-refractivity contribution in [1.82, 2.24) is 4.48 Å². The van der Waals surface area contributed by atoms with Gasteiger partial charge in [0.1, 0.15) is 12.0 Å². The van der Waals surface area contributed by atoms with Crippen LogP contribution in [0.5, 0.6) is 0 Å². The highest BCUT2D eigenvalue weighted by Gasteiger charge is 2.08. The second-order valence-electron chi connectivity index (χ2n) is 5.14. The highest BCUT2D eigenvalue weighted by Crippen LogP contribution is 2.14. The molecule has 0 saturated carbocycles. The van der Waals surface area contributed by atoms with E-state index in [4.69, 9.17) is 0 Å². The highest BCUT2D eigenvalue weighted by atomic mass is 16.1. The molecule has 2 heteroatoms. The number of rotatable bonds is 3. The maximum absolute atomic E-state index is 9.62. The van der Waals surface area contributed by atoms with Crippen LogP contribution in [0.3, 0.4) is 0 Å². The summed E-state index contributed by atoms with van der Waals surface area (Å²) in [5.74, 6) is 0.530. The number of carbonyl (C=O) groups is 1. The van der Waals surface area contributed by atoms with Crippen LogP contribution in [0, 0.1) is 5.92 Å². The first-order valence-electron chi connectivity index (χ1n) is 5.68. The molecule has 0 aromatic heterocycles. The lowest BCUT2D eigenvalue weighted by molar-refractivity contribution is -0.108. The van der Waals surface area contributed by atoms with Gasteiger partial charge < -0.3 is 4.79 Å². The molecule has 16 heavy (non-hydrogen) atoms. The summed E-state index contributed by atoms with van der Waals surface area (Å²) in [7, 11) is 6.49. The molecule has 0 amide bonds. The van der Waals surface area contributed by atoms with Gasteiger partial charge in [0.05, 0.1) is 21.1 Å². The van der Waals surface area contributed by atoms with Crippen molar-refractivity contribution in [2.75, 3.05) is 21.1 Å². The normalized spacial score (nSPS) is 10.6. The number of nitrogens with zero attached hydrogens (tertiary/aromatic N) is 1. The lowest BCUT2D eigenvalue weighted by Gasteiger charge is -2.22. The summed E-state index contributed by atoms with van der Waals surface area (Å²) < 4.78 is 0.890. The molecule has 0 aliphatic rings. The molecule has 0 fully saturated rings. The molecule has 1 aromatic rings. The molecule has 0 bridgehead atoms. The van der Waals surface area contributed by atoms with E-state index in [1.54, 1.807) is 0 Å². The summed E-state index contributed by atoms with van der Waals surface area (Å²) in [4.78, 5) is 9.62. The van der Waals surface area contributed by atoms with E-state index in [1.165, 1.54) is 5.69 Å². The maximum atomic E-state index is 9.62. The van der Waals surface area contributed by atoms with E-state index in [-0.39, 0.29) is 0 Å². The molecule has 1 rings (SSSR count). The summed E-state index contributed by atoms with van der Waals surface area (Å²) in [5.41, 5.74) is 1.34. The summed E-state index contributed by atoms with van der Waals surface area (Å²) in [5, 5.41) is 0.